The number of benzene rings is 1. The zero-order valence-electron chi connectivity index (χ0n) is 12.4. The lowest BCUT2D eigenvalue weighted by molar-refractivity contribution is 0.429. The van der Waals surface area contributed by atoms with E-state index in [0.29, 0.717) is 12.1 Å². The third kappa shape index (κ3) is 3.57. The first kappa shape index (κ1) is 17.1. The molecule has 0 amide bonds. The predicted octanol–water partition coefficient (Wildman–Crippen LogP) is 2.00. The number of pyridine rings is 1. The highest BCUT2D eigenvalue weighted by atomic mass is 35.5. The van der Waals surface area contributed by atoms with Crippen LogP contribution in [0.3, 0.4) is 0 Å². The smallest absolute Gasteiger partial charge is 0.243 e. The third-order valence-electron chi connectivity index (χ3n) is 3.72. The van der Waals surface area contributed by atoms with Crippen LogP contribution in [-0.2, 0) is 10.0 Å². The number of aryl methyl sites for hydroxylation is 1. The maximum atomic E-state index is 12.6. The van der Waals surface area contributed by atoms with Gasteiger partial charge in [-0.25, -0.2) is 13.1 Å². The number of nitrogens with zero attached hydrogens (tertiary/aromatic N) is 1. The molecule has 2 heterocycles. The van der Waals surface area contributed by atoms with E-state index in [0.717, 1.165) is 30.3 Å². The number of hydrogen-bond donors (Lipinski definition) is 2. The average Bonchev–Trinajstić information content (AvgIpc) is 2.47. The Balaban J connectivity index is 0.00000176. The number of nitrogens with one attached hydrogen (secondary N) is 2. The SMILES string of the molecule is Cc1cnc2c(S(=O)(=O)N[C@H]3CCCNC3)cccc2c1.Cl. The maximum absolute atomic E-state index is 12.6. The van der Waals surface area contributed by atoms with Crippen LogP contribution in [-0.4, -0.2) is 32.5 Å². The molecule has 1 saturated heterocycles. The van der Waals surface area contributed by atoms with Crippen molar-refractivity contribution in [1.29, 1.82) is 0 Å². The quantitative estimate of drug-likeness (QED) is 0.895. The Hall–Kier alpha value is -1.21. The van der Waals surface area contributed by atoms with Crippen molar-refractivity contribution >= 4 is 33.3 Å². The number of para-hydroxylation sites is 1. The Labute approximate surface area is 137 Å². The lowest BCUT2D eigenvalue weighted by Crippen LogP contribution is -2.45. The van der Waals surface area contributed by atoms with E-state index in [1.54, 1.807) is 18.3 Å². The Kier molecular flexibility index (Phi) is 5.39. The molecule has 1 aliphatic heterocycles. The monoisotopic (exact) mass is 341 g/mol. The molecule has 22 heavy (non-hydrogen) atoms. The third-order valence-corrected chi connectivity index (χ3v) is 5.27. The summed E-state index contributed by atoms with van der Waals surface area (Å²) in [4.78, 5) is 4.56. The summed E-state index contributed by atoms with van der Waals surface area (Å²) in [5.41, 5.74) is 1.54. The molecule has 0 bridgehead atoms. The molecule has 0 radical (unpaired) electrons. The van der Waals surface area contributed by atoms with Crippen LogP contribution in [0.2, 0.25) is 0 Å². The van der Waals surface area contributed by atoms with E-state index in [9.17, 15) is 8.42 Å². The molecule has 0 aliphatic carbocycles. The summed E-state index contributed by atoms with van der Waals surface area (Å²) >= 11 is 0. The summed E-state index contributed by atoms with van der Waals surface area (Å²) < 4.78 is 28.0. The number of aromatic nitrogens is 1. The molecule has 0 spiro atoms. The normalized spacial score (nSPS) is 18.9. The lowest BCUT2D eigenvalue weighted by Gasteiger charge is -2.23. The van der Waals surface area contributed by atoms with Crippen molar-refractivity contribution < 1.29 is 8.42 Å². The fourth-order valence-corrected chi connectivity index (χ4v) is 4.14. The summed E-state index contributed by atoms with van der Waals surface area (Å²) in [5.74, 6) is 0. The van der Waals surface area contributed by atoms with Crippen molar-refractivity contribution in [3.8, 4) is 0 Å². The van der Waals surface area contributed by atoms with E-state index < -0.39 is 10.0 Å². The summed E-state index contributed by atoms with van der Waals surface area (Å²) in [6.07, 6.45) is 3.55. The van der Waals surface area contributed by atoms with E-state index >= 15 is 0 Å². The molecule has 0 saturated carbocycles. The fraction of sp³-hybridized carbons (Fsp3) is 0.400. The zero-order valence-corrected chi connectivity index (χ0v) is 14.0. The van der Waals surface area contributed by atoms with Crippen LogP contribution in [0.15, 0.2) is 35.4 Å². The van der Waals surface area contributed by atoms with Crippen LogP contribution in [0, 0.1) is 6.92 Å². The maximum Gasteiger partial charge on any atom is 0.243 e. The molecule has 2 N–H and O–H groups in total. The summed E-state index contributed by atoms with van der Waals surface area (Å²) in [5, 5.41) is 4.06. The molecule has 5 nitrogen and oxygen atoms in total. The van der Waals surface area contributed by atoms with Gasteiger partial charge >= 0.3 is 0 Å². The van der Waals surface area contributed by atoms with Crippen LogP contribution < -0.4 is 10.0 Å². The van der Waals surface area contributed by atoms with Gasteiger partial charge in [0.2, 0.25) is 10.0 Å². The van der Waals surface area contributed by atoms with Crippen LogP contribution in [0.5, 0.6) is 0 Å². The standard InChI is InChI=1S/C15H19N3O2S.ClH/c1-11-8-12-4-2-6-14(15(12)17-9-11)21(19,20)18-13-5-3-7-16-10-13;/h2,4,6,8-9,13,16,18H,3,5,7,10H2,1H3;1H/t13-;/m0./s1. The van der Waals surface area contributed by atoms with E-state index in [-0.39, 0.29) is 23.3 Å². The highest BCUT2D eigenvalue weighted by molar-refractivity contribution is 7.89. The zero-order chi connectivity index (χ0) is 14.9. The van der Waals surface area contributed by atoms with E-state index in [1.807, 2.05) is 19.1 Å². The molecule has 1 atom stereocenters. The highest BCUT2D eigenvalue weighted by Gasteiger charge is 2.23. The number of halogens is 1. The number of piperidine rings is 1. The molecule has 2 aromatic rings. The first-order chi connectivity index (χ1) is 10.1. The minimum Gasteiger partial charge on any atom is -0.315 e. The lowest BCUT2D eigenvalue weighted by atomic mass is 10.1. The Bertz CT molecular complexity index is 758. The van der Waals surface area contributed by atoms with Crippen molar-refractivity contribution in [2.75, 3.05) is 13.1 Å². The number of fused-ring (bicyclic) bond motifs is 1. The molecular formula is C15H20ClN3O2S. The molecular weight excluding hydrogens is 322 g/mol. The highest BCUT2D eigenvalue weighted by Crippen LogP contribution is 2.22. The van der Waals surface area contributed by atoms with Gasteiger partial charge in [0.1, 0.15) is 4.90 Å². The molecule has 1 aromatic carbocycles. The van der Waals surface area contributed by atoms with E-state index in [2.05, 4.69) is 15.0 Å². The van der Waals surface area contributed by atoms with Gasteiger partial charge in [-0.2, -0.15) is 0 Å². The van der Waals surface area contributed by atoms with Crippen molar-refractivity contribution in [1.82, 2.24) is 15.0 Å². The number of hydrogen-bond acceptors (Lipinski definition) is 4. The Morgan fingerprint density at radius 2 is 2.18 bits per heavy atom. The minimum atomic E-state index is -3.55. The fourth-order valence-electron chi connectivity index (χ4n) is 2.70. The summed E-state index contributed by atoms with van der Waals surface area (Å²) in [7, 11) is -3.55. The molecule has 120 valence electrons. The second-order valence-electron chi connectivity index (χ2n) is 5.51. The van der Waals surface area contributed by atoms with Crippen molar-refractivity contribution in [2.45, 2.75) is 30.7 Å². The topological polar surface area (TPSA) is 71.1 Å². The van der Waals surface area contributed by atoms with Gasteiger partial charge in [0.15, 0.2) is 0 Å². The van der Waals surface area contributed by atoms with Gasteiger partial charge in [-0.15, -0.1) is 12.4 Å². The summed E-state index contributed by atoms with van der Waals surface area (Å²) in [6, 6.07) is 7.16. The second kappa shape index (κ2) is 6.91. The Morgan fingerprint density at radius 3 is 2.91 bits per heavy atom. The first-order valence-corrected chi connectivity index (χ1v) is 8.63. The molecule has 3 rings (SSSR count). The number of rotatable bonds is 3. The van der Waals surface area contributed by atoms with Gasteiger partial charge in [-0.3, -0.25) is 4.98 Å². The predicted molar refractivity (Wildman–Crippen MR) is 89.9 cm³/mol. The molecule has 1 aliphatic rings. The number of sulfonamides is 1. The van der Waals surface area contributed by atoms with E-state index in [4.69, 9.17) is 0 Å². The minimum absolute atomic E-state index is 0. The molecule has 1 aromatic heterocycles. The van der Waals surface area contributed by atoms with Crippen molar-refractivity contribution in [2.24, 2.45) is 0 Å². The first-order valence-electron chi connectivity index (χ1n) is 7.15. The van der Waals surface area contributed by atoms with Crippen LogP contribution in [0.4, 0.5) is 0 Å². The average molecular weight is 342 g/mol. The van der Waals surface area contributed by atoms with Crippen LogP contribution in [0.25, 0.3) is 10.9 Å². The van der Waals surface area contributed by atoms with Crippen LogP contribution >= 0.6 is 12.4 Å². The van der Waals surface area contributed by atoms with Crippen LogP contribution in [0.1, 0.15) is 18.4 Å². The van der Waals surface area contributed by atoms with Gasteiger partial charge in [0.05, 0.1) is 5.52 Å². The molecule has 0 unspecified atom stereocenters. The van der Waals surface area contributed by atoms with E-state index in [1.165, 1.54) is 0 Å². The van der Waals surface area contributed by atoms with Gasteiger partial charge < -0.3 is 5.32 Å². The van der Waals surface area contributed by atoms with Gasteiger partial charge in [-0.05, 0) is 44.0 Å². The second-order valence-corrected chi connectivity index (χ2v) is 7.19. The van der Waals surface area contributed by atoms with Crippen molar-refractivity contribution in [3.05, 3.63) is 36.0 Å². The largest absolute Gasteiger partial charge is 0.315 e. The summed E-state index contributed by atoms with van der Waals surface area (Å²) in [6.45, 7) is 3.57. The van der Waals surface area contributed by atoms with Gasteiger partial charge in [0, 0.05) is 24.2 Å². The molecule has 7 heteroatoms. The Morgan fingerprint density at radius 1 is 1.36 bits per heavy atom. The van der Waals surface area contributed by atoms with Gasteiger partial charge in [0.25, 0.3) is 0 Å². The van der Waals surface area contributed by atoms with Crippen molar-refractivity contribution in [3.63, 3.8) is 0 Å². The molecule has 1 fully saturated rings. The van der Waals surface area contributed by atoms with Gasteiger partial charge in [-0.1, -0.05) is 12.1 Å².